The van der Waals surface area contributed by atoms with Crippen molar-refractivity contribution in [2.45, 2.75) is 6.18 Å². The maximum Gasteiger partial charge on any atom is 0.435 e. The summed E-state index contributed by atoms with van der Waals surface area (Å²) in [6, 6.07) is 0.944. The van der Waals surface area contributed by atoms with Gasteiger partial charge >= 0.3 is 6.18 Å². The molecule has 0 bridgehead atoms. The number of ether oxygens (including phenoxy) is 1. The number of nitrogens with zero attached hydrogens (tertiary/aromatic N) is 4. The lowest BCUT2D eigenvalue weighted by Crippen LogP contribution is -2.31. The standard InChI is InChI=1S/C12H15F3N4O2/c1-21-7-5-18(4-6-20)11-9-8-10(12(13,14)15)17-19(9)3-2-16-11/h2-3,8,20H,4-7H2,1H3. The van der Waals surface area contributed by atoms with Crippen LogP contribution < -0.4 is 4.90 Å². The fraction of sp³-hybridized carbons (Fsp3) is 0.500. The molecule has 0 amide bonds. The molecule has 2 aromatic rings. The van der Waals surface area contributed by atoms with Gasteiger partial charge in [-0.15, -0.1) is 0 Å². The second-order valence-corrected chi connectivity index (χ2v) is 4.31. The molecule has 0 saturated carbocycles. The molecule has 2 rings (SSSR count). The van der Waals surface area contributed by atoms with Crippen molar-refractivity contribution in [3.8, 4) is 0 Å². The van der Waals surface area contributed by atoms with Gasteiger partial charge in [0.2, 0.25) is 0 Å². The average Bonchev–Trinajstić information content (AvgIpc) is 2.87. The Kier molecular flexibility index (Phi) is 4.63. The van der Waals surface area contributed by atoms with Crippen LogP contribution in [0.15, 0.2) is 18.5 Å². The van der Waals surface area contributed by atoms with Crippen LogP contribution in [0, 0.1) is 0 Å². The third-order valence-corrected chi connectivity index (χ3v) is 2.89. The third kappa shape index (κ3) is 3.42. The van der Waals surface area contributed by atoms with E-state index in [9.17, 15) is 13.2 Å². The lowest BCUT2D eigenvalue weighted by atomic mass is 10.3. The quantitative estimate of drug-likeness (QED) is 0.868. The van der Waals surface area contributed by atoms with Gasteiger partial charge < -0.3 is 14.7 Å². The minimum atomic E-state index is -4.52. The Bertz CT molecular complexity index is 600. The number of anilines is 1. The lowest BCUT2D eigenvalue weighted by molar-refractivity contribution is -0.141. The van der Waals surface area contributed by atoms with E-state index in [1.165, 1.54) is 19.5 Å². The van der Waals surface area contributed by atoms with Crippen LogP contribution >= 0.6 is 0 Å². The van der Waals surface area contributed by atoms with Crippen LogP contribution in [0.3, 0.4) is 0 Å². The number of fused-ring (bicyclic) bond motifs is 1. The average molecular weight is 304 g/mol. The van der Waals surface area contributed by atoms with Crippen molar-refractivity contribution in [3.05, 3.63) is 24.2 Å². The Morgan fingerprint density at radius 1 is 1.38 bits per heavy atom. The van der Waals surface area contributed by atoms with Crippen molar-refractivity contribution in [2.24, 2.45) is 0 Å². The van der Waals surface area contributed by atoms with E-state index in [0.717, 1.165) is 10.6 Å². The van der Waals surface area contributed by atoms with Crippen LogP contribution in [0.4, 0.5) is 19.0 Å². The summed E-state index contributed by atoms with van der Waals surface area (Å²) in [7, 11) is 1.52. The second-order valence-electron chi connectivity index (χ2n) is 4.31. The van der Waals surface area contributed by atoms with E-state index in [4.69, 9.17) is 9.84 Å². The summed E-state index contributed by atoms with van der Waals surface area (Å²) in [5.41, 5.74) is -0.748. The van der Waals surface area contributed by atoms with Crippen LogP contribution in [-0.2, 0) is 10.9 Å². The van der Waals surface area contributed by atoms with Gasteiger partial charge in [-0.05, 0) is 0 Å². The van der Waals surface area contributed by atoms with Crippen molar-refractivity contribution in [2.75, 3.05) is 38.3 Å². The van der Waals surface area contributed by atoms with Crippen molar-refractivity contribution in [1.82, 2.24) is 14.6 Å². The molecule has 2 heterocycles. The summed E-state index contributed by atoms with van der Waals surface area (Å²) >= 11 is 0. The molecule has 1 N–H and O–H groups in total. The Hall–Kier alpha value is -1.87. The van der Waals surface area contributed by atoms with Crippen molar-refractivity contribution >= 4 is 11.3 Å². The molecule has 0 aliphatic heterocycles. The first-order valence-electron chi connectivity index (χ1n) is 6.23. The first kappa shape index (κ1) is 15.5. The molecule has 0 aliphatic rings. The molecule has 0 spiro atoms. The summed E-state index contributed by atoms with van der Waals surface area (Å²) < 4.78 is 44.3. The first-order valence-corrected chi connectivity index (χ1v) is 6.23. The summed E-state index contributed by atoms with van der Waals surface area (Å²) in [5.74, 6) is 0.326. The van der Waals surface area contributed by atoms with Crippen molar-refractivity contribution < 1.29 is 23.0 Å². The van der Waals surface area contributed by atoms with Gasteiger partial charge in [-0.25, -0.2) is 9.50 Å². The number of hydrogen-bond acceptors (Lipinski definition) is 5. The number of hydrogen-bond donors (Lipinski definition) is 1. The van der Waals surface area contributed by atoms with Crippen LogP contribution in [0.2, 0.25) is 0 Å². The van der Waals surface area contributed by atoms with E-state index in [1.54, 1.807) is 4.90 Å². The fourth-order valence-corrected chi connectivity index (χ4v) is 1.94. The Balaban J connectivity index is 2.44. The van der Waals surface area contributed by atoms with E-state index in [-0.39, 0.29) is 18.7 Å². The molecule has 0 atom stereocenters. The fourth-order valence-electron chi connectivity index (χ4n) is 1.94. The number of aliphatic hydroxyl groups excluding tert-OH is 1. The molecule has 6 nitrogen and oxygen atoms in total. The maximum absolute atomic E-state index is 12.7. The van der Waals surface area contributed by atoms with Crippen LogP contribution in [0.5, 0.6) is 0 Å². The molecule has 0 unspecified atom stereocenters. The minimum Gasteiger partial charge on any atom is -0.395 e. The zero-order chi connectivity index (χ0) is 15.5. The molecule has 0 fully saturated rings. The summed E-state index contributed by atoms with van der Waals surface area (Å²) in [6.45, 7) is 0.856. The molecular weight excluding hydrogens is 289 g/mol. The summed E-state index contributed by atoms with van der Waals surface area (Å²) in [5, 5.41) is 12.6. The number of rotatable bonds is 6. The number of aliphatic hydroxyl groups is 1. The van der Waals surface area contributed by atoms with Gasteiger partial charge in [0.05, 0.1) is 13.2 Å². The number of methoxy groups -OCH3 is 1. The highest BCUT2D eigenvalue weighted by atomic mass is 19.4. The van der Waals surface area contributed by atoms with Crippen LogP contribution in [0.1, 0.15) is 5.69 Å². The molecule has 116 valence electrons. The number of alkyl halides is 3. The minimum absolute atomic E-state index is 0.146. The number of halogens is 3. The largest absolute Gasteiger partial charge is 0.435 e. The highest BCUT2D eigenvalue weighted by Gasteiger charge is 2.34. The SMILES string of the molecule is COCCN(CCO)c1nccn2nc(C(F)(F)F)cc12. The smallest absolute Gasteiger partial charge is 0.395 e. The molecule has 0 aromatic carbocycles. The zero-order valence-corrected chi connectivity index (χ0v) is 11.3. The monoisotopic (exact) mass is 304 g/mol. The predicted octanol–water partition coefficient (Wildman–Crippen LogP) is 1.19. The Morgan fingerprint density at radius 3 is 2.76 bits per heavy atom. The van der Waals surface area contributed by atoms with Crippen molar-refractivity contribution in [1.29, 1.82) is 0 Å². The summed E-state index contributed by atoms with van der Waals surface area (Å²) in [6.07, 6.45) is -1.80. The van der Waals surface area contributed by atoms with E-state index < -0.39 is 11.9 Å². The molecule has 0 aliphatic carbocycles. The van der Waals surface area contributed by atoms with Gasteiger partial charge in [-0.2, -0.15) is 18.3 Å². The number of aromatic nitrogens is 3. The van der Waals surface area contributed by atoms with Crippen molar-refractivity contribution in [3.63, 3.8) is 0 Å². The molecule has 2 aromatic heterocycles. The highest BCUT2D eigenvalue weighted by molar-refractivity contribution is 5.69. The molecule has 9 heteroatoms. The van der Waals surface area contributed by atoms with Crippen LogP contribution in [0.25, 0.3) is 5.52 Å². The van der Waals surface area contributed by atoms with E-state index in [1.807, 2.05) is 0 Å². The Morgan fingerprint density at radius 2 is 2.14 bits per heavy atom. The molecular formula is C12H15F3N4O2. The normalized spacial score (nSPS) is 12.0. The van der Waals surface area contributed by atoms with Gasteiger partial charge in [0.1, 0.15) is 5.52 Å². The topological polar surface area (TPSA) is 62.9 Å². The van der Waals surface area contributed by atoms with Gasteiger partial charge in [0, 0.05) is 38.7 Å². The van der Waals surface area contributed by atoms with E-state index in [0.29, 0.717) is 19.0 Å². The van der Waals surface area contributed by atoms with E-state index >= 15 is 0 Å². The van der Waals surface area contributed by atoms with Gasteiger partial charge in [-0.3, -0.25) is 0 Å². The van der Waals surface area contributed by atoms with Gasteiger partial charge in [0.15, 0.2) is 11.5 Å². The second kappa shape index (κ2) is 6.27. The van der Waals surface area contributed by atoms with Gasteiger partial charge in [0.25, 0.3) is 0 Å². The maximum atomic E-state index is 12.7. The molecule has 0 radical (unpaired) electrons. The lowest BCUT2D eigenvalue weighted by Gasteiger charge is -2.22. The molecule has 21 heavy (non-hydrogen) atoms. The Labute approximate surface area is 118 Å². The summed E-state index contributed by atoms with van der Waals surface area (Å²) in [4.78, 5) is 5.76. The third-order valence-electron chi connectivity index (χ3n) is 2.89. The molecule has 0 saturated heterocycles. The highest BCUT2D eigenvalue weighted by Crippen LogP contribution is 2.30. The predicted molar refractivity (Wildman–Crippen MR) is 69.2 cm³/mol. The van der Waals surface area contributed by atoms with Gasteiger partial charge in [-0.1, -0.05) is 0 Å². The zero-order valence-electron chi connectivity index (χ0n) is 11.3. The van der Waals surface area contributed by atoms with Crippen LogP contribution in [-0.4, -0.2) is 53.1 Å². The van der Waals surface area contributed by atoms with E-state index in [2.05, 4.69) is 10.1 Å². The first-order chi connectivity index (χ1) is 9.97.